The zero-order valence-corrected chi connectivity index (χ0v) is 8.73. The minimum absolute atomic E-state index is 0.388. The summed E-state index contributed by atoms with van der Waals surface area (Å²) in [5.74, 6) is 0.388. The van der Waals surface area contributed by atoms with Gasteiger partial charge in [-0.3, -0.25) is 4.79 Å². The van der Waals surface area contributed by atoms with Gasteiger partial charge in [0, 0.05) is 25.9 Å². The lowest BCUT2D eigenvalue weighted by molar-refractivity contribution is -0.120. The SMILES string of the molecule is O=C1CCN(C=Cc2ccccc2)CC1. The monoisotopic (exact) mass is 201 g/mol. The van der Waals surface area contributed by atoms with Crippen LogP contribution in [0.25, 0.3) is 6.08 Å². The predicted octanol–water partition coefficient (Wildman–Crippen LogP) is 2.32. The number of ketones is 1. The number of carbonyl (C=O) groups is 1. The molecule has 0 bridgehead atoms. The first-order chi connectivity index (χ1) is 7.34. The van der Waals surface area contributed by atoms with Crippen LogP contribution < -0.4 is 0 Å². The summed E-state index contributed by atoms with van der Waals surface area (Å²) in [4.78, 5) is 13.2. The van der Waals surface area contributed by atoms with Gasteiger partial charge in [0.2, 0.25) is 0 Å². The Morgan fingerprint density at radius 2 is 1.73 bits per heavy atom. The number of hydrogen-bond donors (Lipinski definition) is 0. The number of rotatable bonds is 2. The molecule has 0 aliphatic carbocycles. The molecule has 1 aromatic carbocycles. The van der Waals surface area contributed by atoms with Crippen molar-refractivity contribution in [3.63, 3.8) is 0 Å². The Kier molecular flexibility index (Phi) is 3.18. The van der Waals surface area contributed by atoms with Gasteiger partial charge in [-0.2, -0.15) is 0 Å². The maximum absolute atomic E-state index is 11.0. The highest BCUT2D eigenvalue weighted by atomic mass is 16.1. The van der Waals surface area contributed by atoms with Crippen LogP contribution in [0.3, 0.4) is 0 Å². The van der Waals surface area contributed by atoms with E-state index in [2.05, 4.69) is 29.3 Å². The van der Waals surface area contributed by atoms with Gasteiger partial charge in [0.05, 0.1) is 0 Å². The Morgan fingerprint density at radius 3 is 2.40 bits per heavy atom. The molecular formula is C13H15NO. The van der Waals surface area contributed by atoms with Gasteiger partial charge in [-0.25, -0.2) is 0 Å². The number of hydrogen-bond acceptors (Lipinski definition) is 2. The zero-order valence-electron chi connectivity index (χ0n) is 8.73. The van der Waals surface area contributed by atoms with E-state index in [0.29, 0.717) is 18.6 Å². The minimum atomic E-state index is 0.388. The lowest BCUT2D eigenvalue weighted by atomic mass is 10.1. The molecule has 0 N–H and O–H groups in total. The van der Waals surface area contributed by atoms with E-state index >= 15 is 0 Å². The normalized spacial score (nSPS) is 17.3. The largest absolute Gasteiger partial charge is 0.376 e. The fourth-order valence-electron chi connectivity index (χ4n) is 1.68. The molecule has 2 rings (SSSR count). The molecule has 2 heteroatoms. The van der Waals surface area contributed by atoms with Crippen molar-refractivity contribution >= 4 is 11.9 Å². The van der Waals surface area contributed by atoms with Crippen molar-refractivity contribution in [3.05, 3.63) is 42.1 Å². The third-order valence-electron chi connectivity index (χ3n) is 2.63. The molecule has 1 aliphatic rings. The van der Waals surface area contributed by atoms with Crippen LogP contribution in [0.15, 0.2) is 36.5 Å². The molecule has 0 amide bonds. The third-order valence-corrected chi connectivity index (χ3v) is 2.63. The minimum Gasteiger partial charge on any atom is -0.376 e. The fraction of sp³-hybridized carbons (Fsp3) is 0.308. The van der Waals surface area contributed by atoms with Crippen LogP contribution in [0.5, 0.6) is 0 Å². The quantitative estimate of drug-likeness (QED) is 0.732. The van der Waals surface area contributed by atoms with Crippen LogP contribution in [0.4, 0.5) is 0 Å². The van der Waals surface area contributed by atoms with E-state index in [1.165, 1.54) is 5.56 Å². The fourth-order valence-corrected chi connectivity index (χ4v) is 1.68. The van der Waals surface area contributed by atoms with E-state index < -0.39 is 0 Å². The summed E-state index contributed by atoms with van der Waals surface area (Å²) in [5.41, 5.74) is 1.20. The first-order valence-corrected chi connectivity index (χ1v) is 5.33. The van der Waals surface area contributed by atoms with Gasteiger partial charge in [0.1, 0.15) is 5.78 Å². The van der Waals surface area contributed by atoms with Gasteiger partial charge in [-0.15, -0.1) is 0 Å². The molecule has 1 aromatic rings. The van der Waals surface area contributed by atoms with E-state index in [0.717, 1.165) is 13.1 Å². The summed E-state index contributed by atoms with van der Waals surface area (Å²) in [6.07, 6.45) is 5.57. The topological polar surface area (TPSA) is 20.3 Å². The molecule has 0 spiro atoms. The lowest BCUT2D eigenvalue weighted by Gasteiger charge is -2.23. The summed E-state index contributed by atoms with van der Waals surface area (Å²) in [7, 11) is 0. The molecular weight excluding hydrogens is 186 g/mol. The van der Waals surface area contributed by atoms with Gasteiger partial charge in [-0.1, -0.05) is 30.3 Å². The molecule has 0 unspecified atom stereocenters. The van der Waals surface area contributed by atoms with Crippen molar-refractivity contribution in [1.82, 2.24) is 4.90 Å². The maximum Gasteiger partial charge on any atom is 0.136 e. The van der Waals surface area contributed by atoms with Crippen LogP contribution in [-0.4, -0.2) is 23.8 Å². The molecule has 0 aromatic heterocycles. The number of Topliss-reactive ketones (excluding diaryl/α,β-unsaturated/α-hetero) is 1. The zero-order chi connectivity index (χ0) is 10.5. The number of piperidine rings is 1. The Bertz CT molecular complexity index is 346. The first kappa shape index (κ1) is 9.97. The molecule has 0 radical (unpaired) electrons. The summed E-state index contributed by atoms with van der Waals surface area (Å²) >= 11 is 0. The highest BCUT2D eigenvalue weighted by Crippen LogP contribution is 2.08. The van der Waals surface area contributed by atoms with E-state index in [9.17, 15) is 4.79 Å². The molecule has 1 fully saturated rings. The van der Waals surface area contributed by atoms with E-state index in [-0.39, 0.29) is 0 Å². The van der Waals surface area contributed by atoms with Gasteiger partial charge in [0.25, 0.3) is 0 Å². The van der Waals surface area contributed by atoms with Gasteiger partial charge in [-0.05, 0) is 17.8 Å². The van der Waals surface area contributed by atoms with Crippen LogP contribution in [0, 0.1) is 0 Å². The number of nitrogens with zero attached hydrogens (tertiary/aromatic N) is 1. The summed E-state index contributed by atoms with van der Waals surface area (Å²) < 4.78 is 0. The standard InChI is InChI=1S/C13H15NO/c15-13-7-10-14(11-8-13)9-6-12-4-2-1-3-5-12/h1-6,9H,7-8,10-11H2. The Balaban J connectivity index is 1.92. The molecule has 0 saturated carbocycles. The molecule has 1 heterocycles. The van der Waals surface area contributed by atoms with Crippen molar-refractivity contribution in [2.24, 2.45) is 0 Å². The number of benzene rings is 1. The Morgan fingerprint density at radius 1 is 1.07 bits per heavy atom. The predicted molar refractivity (Wildman–Crippen MR) is 61.3 cm³/mol. The second-order valence-corrected chi connectivity index (χ2v) is 3.80. The third kappa shape index (κ3) is 2.94. The first-order valence-electron chi connectivity index (χ1n) is 5.33. The van der Waals surface area contributed by atoms with E-state index in [4.69, 9.17) is 0 Å². The lowest BCUT2D eigenvalue weighted by Crippen LogP contribution is -2.29. The van der Waals surface area contributed by atoms with Crippen molar-refractivity contribution < 1.29 is 4.79 Å². The van der Waals surface area contributed by atoms with Crippen molar-refractivity contribution in [2.75, 3.05) is 13.1 Å². The van der Waals surface area contributed by atoms with Crippen LogP contribution in [0.1, 0.15) is 18.4 Å². The molecule has 2 nitrogen and oxygen atoms in total. The number of likely N-dealkylation sites (tertiary alicyclic amines) is 1. The average Bonchev–Trinajstić information content (AvgIpc) is 2.30. The molecule has 15 heavy (non-hydrogen) atoms. The van der Waals surface area contributed by atoms with Gasteiger partial charge < -0.3 is 4.90 Å². The summed E-state index contributed by atoms with van der Waals surface area (Å²) in [6, 6.07) is 10.2. The van der Waals surface area contributed by atoms with Crippen molar-refractivity contribution in [2.45, 2.75) is 12.8 Å². The number of carbonyl (C=O) groups excluding carboxylic acids is 1. The van der Waals surface area contributed by atoms with Gasteiger partial charge in [0.15, 0.2) is 0 Å². The molecule has 0 atom stereocenters. The molecule has 1 saturated heterocycles. The smallest absolute Gasteiger partial charge is 0.136 e. The second-order valence-electron chi connectivity index (χ2n) is 3.80. The summed E-state index contributed by atoms with van der Waals surface area (Å²) in [6.45, 7) is 1.73. The van der Waals surface area contributed by atoms with Crippen molar-refractivity contribution in [3.8, 4) is 0 Å². The second kappa shape index (κ2) is 4.78. The van der Waals surface area contributed by atoms with Crippen LogP contribution in [-0.2, 0) is 4.79 Å². The highest BCUT2D eigenvalue weighted by molar-refractivity contribution is 5.79. The van der Waals surface area contributed by atoms with E-state index in [1.807, 2.05) is 18.2 Å². The van der Waals surface area contributed by atoms with Crippen LogP contribution >= 0.6 is 0 Å². The highest BCUT2D eigenvalue weighted by Gasteiger charge is 2.12. The Hall–Kier alpha value is -1.57. The molecule has 78 valence electrons. The van der Waals surface area contributed by atoms with Crippen LogP contribution in [0.2, 0.25) is 0 Å². The van der Waals surface area contributed by atoms with E-state index in [1.54, 1.807) is 0 Å². The Labute approximate surface area is 90.2 Å². The maximum atomic E-state index is 11.0. The summed E-state index contributed by atoms with van der Waals surface area (Å²) in [5, 5.41) is 0. The van der Waals surface area contributed by atoms with Gasteiger partial charge >= 0.3 is 0 Å². The van der Waals surface area contributed by atoms with Crippen molar-refractivity contribution in [1.29, 1.82) is 0 Å². The average molecular weight is 201 g/mol. The molecule has 1 aliphatic heterocycles.